The predicted molar refractivity (Wildman–Crippen MR) is 59.9 cm³/mol. The average molecular weight is 272 g/mol. The van der Waals surface area contributed by atoms with Gasteiger partial charge in [0.2, 0.25) is 0 Å². The van der Waals surface area contributed by atoms with E-state index in [4.69, 9.17) is 0 Å². The molecule has 3 nitrogen and oxygen atoms in total. The zero-order chi connectivity index (χ0) is 14.2. The molecule has 19 heavy (non-hydrogen) atoms. The molecule has 0 amide bonds. The highest BCUT2D eigenvalue weighted by molar-refractivity contribution is 5.65. The molecule has 1 aromatic heterocycles. The summed E-state index contributed by atoms with van der Waals surface area (Å²) >= 11 is 0. The molecular weight excluding hydrogens is 264 g/mol. The van der Waals surface area contributed by atoms with Crippen molar-refractivity contribution in [3.63, 3.8) is 0 Å². The third-order valence-corrected chi connectivity index (χ3v) is 2.52. The van der Waals surface area contributed by atoms with Gasteiger partial charge in [-0.25, -0.2) is 9.07 Å². The van der Waals surface area contributed by atoms with Gasteiger partial charge in [0.15, 0.2) is 5.69 Å². The standard InChI is InChI=1S/C12H8F4N2O/c1-18-10(19)6-9(11(17-18)12(14,15)16)7-2-4-8(13)5-3-7/h2-6H,1H3. The Kier molecular flexibility index (Phi) is 3.13. The Morgan fingerprint density at radius 2 is 1.74 bits per heavy atom. The van der Waals surface area contributed by atoms with Crippen molar-refractivity contribution in [1.82, 2.24) is 9.78 Å². The summed E-state index contributed by atoms with van der Waals surface area (Å²) in [6.45, 7) is 0. The summed E-state index contributed by atoms with van der Waals surface area (Å²) in [5, 5.41) is 3.23. The number of hydrogen-bond donors (Lipinski definition) is 0. The molecule has 0 fully saturated rings. The lowest BCUT2D eigenvalue weighted by molar-refractivity contribution is -0.141. The predicted octanol–water partition coefficient (Wildman–Crippen LogP) is 2.61. The number of halogens is 4. The Labute approximate surface area is 105 Å². The van der Waals surface area contributed by atoms with Crippen LogP contribution in [0, 0.1) is 5.82 Å². The second-order valence-electron chi connectivity index (χ2n) is 3.87. The van der Waals surface area contributed by atoms with Crippen LogP contribution in [-0.4, -0.2) is 9.78 Å². The molecular formula is C12H8F4N2O. The summed E-state index contributed by atoms with van der Waals surface area (Å²) in [6, 6.07) is 5.21. The molecule has 0 atom stereocenters. The molecule has 100 valence electrons. The molecule has 0 aliphatic rings. The summed E-state index contributed by atoms with van der Waals surface area (Å²) in [5.74, 6) is -0.575. The number of aromatic nitrogens is 2. The minimum absolute atomic E-state index is 0.0823. The van der Waals surface area contributed by atoms with Crippen LogP contribution in [0.15, 0.2) is 35.1 Å². The average Bonchev–Trinajstić information content (AvgIpc) is 2.32. The maximum atomic E-state index is 12.9. The first-order chi connectivity index (χ1) is 8.79. The molecule has 0 saturated carbocycles. The monoisotopic (exact) mass is 272 g/mol. The second-order valence-corrected chi connectivity index (χ2v) is 3.87. The topological polar surface area (TPSA) is 34.9 Å². The first kappa shape index (κ1) is 13.3. The summed E-state index contributed by atoms with van der Waals surface area (Å²) in [7, 11) is 1.13. The van der Waals surface area contributed by atoms with E-state index in [1.165, 1.54) is 12.1 Å². The third-order valence-electron chi connectivity index (χ3n) is 2.52. The highest BCUT2D eigenvalue weighted by Crippen LogP contribution is 2.34. The lowest BCUT2D eigenvalue weighted by atomic mass is 10.0. The lowest BCUT2D eigenvalue weighted by Crippen LogP contribution is -2.24. The minimum Gasteiger partial charge on any atom is -0.268 e. The number of nitrogens with zero attached hydrogens (tertiary/aromatic N) is 2. The fraction of sp³-hybridized carbons (Fsp3) is 0.167. The molecule has 0 aliphatic heterocycles. The maximum Gasteiger partial charge on any atom is 0.435 e. The summed E-state index contributed by atoms with van der Waals surface area (Å²) < 4.78 is 52.0. The highest BCUT2D eigenvalue weighted by Gasteiger charge is 2.36. The van der Waals surface area contributed by atoms with Gasteiger partial charge in [0.1, 0.15) is 5.82 Å². The Hall–Kier alpha value is -2.18. The van der Waals surface area contributed by atoms with E-state index in [-0.39, 0.29) is 11.1 Å². The summed E-state index contributed by atoms with van der Waals surface area (Å²) in [4.78, 5) is 11.4. The van der Waals surface area contributed by atoms with Crippen LogP contribution in [0.25, 0.3) is 11.1 Å². The number of alkyl halides is 3. The lowest BCUT2D eigenvalue weighted by Gasteiger charge is -2.12. The van der Waals surface area contributed by atoms with Gasteiger partial charge in [0.25, 0.3) is 5.56 Å². The van der Waals surface area contributed by atoms with Gasteiger partial charge in [-0.05, 0) is 17.7 Å². The molecule has 1 heterocycles. The van der Waals surface area contributed by atoms with E-state index in [9.17, 15) is 22.4 Å². The summed E-state index contributed by atoms with van der Waals surface area (Å²) in [5.41, 5.74) is -2.14. The van der Waals surface area contributed by atoms with Gasteiger partial charge in [0.05, 0.1) is 0 Å². The van der Waals surface area contributed by atoms with Crippen molar-refractivity contribution < 1.29 is 17.6 Å². The normalized spacial score (nSPS) is 11.6. The zero-order valence-electron chi connectivity index (χ0n) is 9.70. The number of rotatable bonds is 1. The molecule has 1 aromatic carbocycles. The SMILES string of the molecule is Cn1nc(C(F)(F)F)c(-c2ccc(F)cc2)cc1=O. The maximum absolute atomic E-state index is 12.9. The molecule has 0 spiro atoms. The zero-order valence-corrected chi connectivity index (χ0v) is 9.70. The Bertz CT molecular complexity index is 659. The molecule has 0 radical (unpaired) electrons. The Balaban J connectivity index is 2.71. The van der Waals surface area contributed by atoms with Crippen LogP contribution in [0.3, 0.4) is 0 Å². The molecule has 0 unspecified atom stereocenters. The second kappa shape index (κ2) is 4.49. The van der Waals surface area contributed by atoms with E-state index in [1.54, 1.807) is 0 Å². The molecule has 2 rings (SSSR count). The number of benzene rings is 1. The van der Waals surface area contributed by atoms with Gasteiger partial charge in [0, 0.05) is 18.7 Å². The molecule has 0 saturated heterocycles. The Morgan fingerprint density at radius 1 is 1.16 bits per heavy atom. The van der Waals surface area contributed by atoms with Crippen molar-refractivity contribution in [2.75, 3.05) is 0 Å². The fourth-order valence-electron chi connectivity index (χ4n) is 1.60. The van der Waals surface area contributed by atoms with Crippen molar-refractivity contribution in [3.8, 4) is 11.1 Å². The van der Waals surface area contributed by atoms with Crippen LogP contribution in [-0.2, 0) is 13.2 Å². The van der Waals surface area contributed by atoms with Gasteiger partial charge in [-0.15, -0.1) is 0 Å². The molecule has 7 heteroatoms. The fourth-order valence-corrected chi connectivity index (χ4v) is 1.60. The molecule has 0 N–H and O–H groups in total. The van der Waals surface area contributed by atoms with Crippen LogP contribution >= 0.6 is 0 Å². The van der Waals surface area contributed by atoms with Gasteiger partial charge < -0.3 is 0 Å². The van der Waals surface area contributed by atoms with E-state index in [0.29, 0.717) is 4.68 Å². The molecule has 0 bridgehead atoms. The van der Waals surface area contributed by atoms with Crippen molar-refractivity contribution in [2.45, 2.75) is 6.18 Å². The number of hydrogen-bond acceptors (Lipinski definition) is 2. The highest BCUT2D eigenvalue weighted by atomic mass is 19.4. The van der Waals surface area contributed by atoms with Crippen LogP contribution in [0.1, 0.15) is 5.69 Å². The Morgan fingerprint density at radius 3 is 2.26 bits per heavy atom. The van der Waals surface area contributed by atoms with Gasteiger partial charge >= 0.3 is 6.18 Å². The van der Waals surface area contributed by atoms with Crippen LogP contribution < -0.4 is 5.56 Å². The largest absolute Gasteiger partial charge is 0.435 e. The van der Waals surface area contributed by atoms with Crippen LogP contribution in [0.2, 0.25) is 0 Å². The summed E-state index contributed by atoms with van der Waals surface area (Å²) in [6.07, 6.45) is -4.70. The minimum atomic E-state index is -4.70. The van der Waals surface area contributed by atoms with Crippen molar-refractivity contribution >= 4 is 0 Å². The first-order valence-electron chi connectivity index (χ1n) is 5.20. The number of aryl methyl sites for hydroxylation is 1. The van der Waals surface area contributed by atoms with Crippen molar-refractivity contribution in [1.29, 1.82) is 0 Å². The molecule has 2 aromatic rings. The molecule has 0 aliphatic carbocycles. The van der Waals surface area contributed by atoms with E-state index >= 15 is 0 Å². The van der Waals surface area contributed by atoms with Gasteiger partial charge in [-0.2, -0.15) is 18.3 Å². The third kappa shape index (κ3) is 2.64. The van der Waals surface area contributed by atoms with Gasteiger partial charge in [-0.1, -0.05) is 12.1 Å². The van der Waals surface area contributed by atoms with E-state index in [1.807, 2.05) is 0 Å². The van der Waals surface area contributed by atoms with Crippen LogP contribution in [0.4, 0.5) is 17.6 Å². The van der Waals surface area contributed by atoms with E-state index < -0.39 is 23.2 Å². The van der Waals surface area contributed by atoms with E-state index in [2.05, 4.69) is 5.10 Å². The van der Waals surface area contributed by atoms with Crippen molar-refractivity contribution in [3.05, 3.63) is 52.2 Å². The first-order valence-corrected chi connectivity index (χ1v) is 5.20. The smallest absolute Gasteiger partial charge is 0.268 e. The van der Waals surface area contributed by atoms with Crippen molar-refractivity contribution in [2.24, 2.45) is 7.05 Å². The van der Waals surface area contributed by atoms with E-state index in [0.717, 1.165) is 25.2 Å². The van der Waals surface area contributed by atoms with Gasteiger partial charge in [-0.3, -0.25) is 4.79 Å². The quantitative estimate of drug-likeness (QED) is 0.748. The van der Waals surface area contributed by atoms with Crippen LogP contribution in [0.5, 0.6) is 0 Å².